The van der Waals surface area contributed by atoms with Gasteiger partial charge in [0.05, 0.1) is 0 Å². The van der Waals surface area contributed by atoms with Gasteiger partial charge in [-0.15, -0.1) is 0 Å². The van der Waals surface area contributed by atoms with Crippen LogP contribution in [0.5, 0.6) is 0 Å². The summed E-state index contributed by atoms with van der Waals surface area (Å²) in [7, 11) is 0. The van der Waals surface area contributed by atoms with Crippen LogP contribution in [0.15, 0.2) is 18.2 Å². The van der Waals surface area contributed by atoms with Crippen molar-refractivity contribution in [3.63, 3.8) is 0 Å². The lowest BCUT2D eigenvalue weighted by atomic mass is 9.78. The molecule has 0 atom stereocenters. The van der Waals surface area contributed by atoms with Gasteiger partial charge in [-0.3, -0.25) is 0 Å². The van der Waals surface area contributed by atoms with Crippen LogP contribution in [0.4, 0.5) is 8.78 Å². The fourth-order valence-corrected chi connectivity index (χ4v) is 2.91. The van der Waals surface area contributed by atoms with Gasteiger partial charge in [-0.25, -0.2) is 8.78 Å². The van der Waals surface area contributed by atoms with E-state index in [9.17, 15) is 8.78 Å². The first kappa shape index (κ1) is 14.4. The molecule has 106 valence electrons. The third-order valence-corrected chi connectivity index (χ3v) is 3.99. The second kappa shape index (κ2) is 5.20. The Kier molecular flexibility index (Phi) is 3.95. The van der Waals surface area contributed by atoms with Crippen LogP contribution in [-0.2, 0) is 5.41 Å². The summed E-state index contributed by atoms with van der Waals surface area (Å²) in [5.74, 6) is -0.950. The van der Waals surface area contributed by atoms with E-state index in [1.807, 2.05) is 0 Å². The molecule has 1 N–H and O–H groups in total. The Labute approximate surface area is 114 Å². The number of hydrogen-bond donors (Lipinski definition) is 1. The van der Waals surface area contributed by atoms with E-state index in [4.69, 9.17) is 0 Å². The summed E-state index contributed by atoms with van der Waals surface area (Å²) in [4.78, 5) is 0. The van der Waals surface area contributed by atoms with Crippen LogP contribution >= 0.6 is 0 Å². The van der Waals surface area contributed by atoms with E-state index >= 15 is 0 Å². The van der Waals surface area contributed by atoms with E-state index < -0.39 is 11.6 Å². The molecule has 3 heteroatoms. The molecule has 1 aromatic rings. The average Bonchev–Trinajstić information content (AvgIpc) is 2.74. The third-order valence-electron chi connectivity index (χ3n) is 3.99. The molecule has 1 aromatic carbocycles. The van der Waals surface area contributed by atoms with Gasteiger partial charge in [-0.2, -0.15) is 0 Å². The number of rotatable bonds is 3. The highest BCUT2D eigenvalue weighted by molar-refractivity contribution is 5.29. The van der Waals surface area contributed by atoms with Crippen molar-refractivity contribution >= 4 is 0 Å². The van der Waals surface area contributed by atoms with Crippen molar-refractivity contribution in [2.24, 2.45) is 0 Å². The quantitative estimate of drug-likeness (QED) is 0.867. The molecule has 0 amide bonds. The van der Waals surface area contributed by atoms with Crippen molar-refractivity contribution < 1.29 is 8.78 Å². The standard InChI is InChI=1S/C16H23F2N/c1-15(2,3)19-11-16(6-4-5-7-16)12-8-13(17)10-14(18)9-12/h8-10,19H,4-7,11H2,1-3H3. The normalized spacial score (nSPS) is 18.8. The Balaban J connectivity index is 2.28. The molecule has 0 radical (unpaired) electrons. The maximum absolute atomic E-state index is 13.5. The molecule has 1 saturated carbocycles. The summed E-state index contributed by atoms with van der Waals surface area (Å²) in [5, 5.41) is 3.50. The van der Waals surface area contributed by atoms with Crippen LogP contribution in [0.1, 0.15) is 52.0 Å². The van der Waals surface area contributed by atoms with Crippen LogP contribution in [-0.4, -0.2) is 12.1 Å². The highest BCUT2D eigenvalue weighted by Crippen LogP contribution is 2.41. The summed E-state index contributed by atoms with van der Waals surface area (Å²) in [5.41, 5.74) is 0.705. The summed E-state index contributed by atoms with van der Waals surface area (Å²) in [6.45, 7) is 7.12. The van der Waals surface area contributed by atoms with Crippen molar-refractivity contribution in [3.8, 4) is 0 Å². The van der Waals surface area contributed by atoms with Gasteiger partial charge in [0.15, 0.2) is 0 Å². The largest absolute Gasteiger partial charge is 0.311 e. The minimum absolute atomic E-state index is 0.0153. The SMILES string of the molecule is CC(C)(C)NCC1(c2cc(F)cc(F)c2)CCCC1. The van der Waals surface area contributed by atoms with Gasteiger partial charge in [-0.1, -0.05) is 12.8 Å². The van der Waals surface area contributed by atoms with Gasteiger partial charge in [0, 0.05) is 23.6 Å². The molecule has 2 rings (SSSR count). The van der Waals surface area contributed by atoms with Crippen molar-refractivity contribution in [3.05, 3.63) is 35.4 Å². The van der Waals surface area contributed by atoms with Gasteiger partial charge < -0.3 is 5.32 Å². The van der Waals surface area contributed by atoms with Crippen molar-refractivity contribution in [1.29, 1.82) is 0 Å². The van der Waals surface area contributed by atoms with Gasteiger partial charge >= 0.3 is 0 Å². The molecular formula is C16H23F2N. The third kappa shape index (κ3) is 3.53. The molecule has 19 heavy (non-hydrogen) atoms. The Hall–Kier alpha value is -0.960. The molecular weight excluding hydrogens is 244 g/mol. The number of benzene rings is 1. The molecule has 1 aliphatic rings. The zero-order valence-electron chi connectivity index (χ0n) is 12.0. The van der Waals surface area contributed by atoms with E-state index in [2.05, 4.69) is 26.1 Å². The molecule has 0 bridgehead atoms. The lowest BCUT2D eigenvalue weighted by molar-refractivity contribution is 0.331. The fraction of sp³-hybridized carbons (Fsp3) is 0.625. The number of nitrogens with one attached hydrogen (secondary N) is 1. The maximum Gasteiger partial charge on any atom is 0.126 e. The van der Waals surface area contributed by atoms with Crippen molar-refractivity contribution in [2.45, 2.75) is 57.4 Å². The monoisotopic (exact) mass is 267 g/mol. The van der Waals surface area contributed by atoms with E-state index in [1.165, 1.54) is 12.1 Å². The predicted molar refractivity (Wildman–Crippen MR) is 74.3 cm³/mol. The minimum atomic E-state index is -0.475. The smallest absolute Gasteiger partial charge is 0.126 e. The molecule has 1 nitrogen and oxygen atoms in total. The van der Waals surface area contributed by atoms with Gasteiger partial charge in [-0.05, 0) is 51.3 Å². The van der Waals surface area contributed by atoms with E-state index in [0.717, 1.165) is 43.9 Å². The second-order valence-corrected chi connectivity index (χ2v) is 6.75. The Morgan fingerprint density at radius 1 is 1.05 bits per heavy atom. The summed E-state index contributed by atoms with van der Waals surface area (Å²) >= 11 is 0. The van der Waals surface area contributed by atoms with Crippen LogP contribution in [0, 0.1) is 11.6 Å². The second-order valence-electron chi connectivity index (χ2n) is 6.75. The van der Waals surface area contributed by atoms with Crippen LogP contribution in [0.2, 0.25) is 0 Å². The first-order valence-electron chi connectivity index (χ1n) is 7.02. The van der Waals surface area contributed by atoms with Crippen molar-refractivity contribution in [2.75, 3.05) is 6.54 Å². The van der Waals surface area contributed by atoms with Gasteiger partial charge in [0.1, 0.15) is 11.6 Å². The molecule has 0 aromatic heterocycles. The van der Waals surface area contributed by atoms with Crippen LogP contribution < -0.4 is 5.32 Å². The van der Waals surface area contributed by atoms with E-state index in [1.54, 1.807) is 0 Å². The highest BCUT2D eigenvalue weighted by Gasteiger charge is 2.36. The molecule has 1 aliphatic carbocycles. The first-order valence-corrected chi connectivity index (χ1v) is 7.02. The van der Waals surface area contributed by atoms with E-state index in [-0.39, 0.29) is 11.0 Å². The lowest BCUT2D eigenvalue weighted by Gasteiger charge is -2.34. The molecule has 0 aliphatic heterocycles. The summed E-state index contributed by atoms with van der Waals surface area (Å²) in [6, 6.07) is 3.95. The van der Waals surface area contributed by atoms with Gasteiger partial charge in [0.2, 0.25) is 0 Å². The predicted octanol–water partition coefficient (Wildman–Crippen LogP) is 4.16. The Morgan fingerprint density at radius 3 is 2.05 bits per heavy atom. The topological polar surface area (TPSA) is 12.0 Å². The number of hydrogen-bond acceptors (Lipinski definition) is 1. The molecule has 0 unspecified atom stereocenters. The molecule has 0 spiro atoms. The average molecular weight is 267 g/mol. The first-order chi connectivity index (χ1) is 8.81. The Bertz CT molecular complexity index is 422. The van der Waals surface area contributed by atoms with Crippen LogP contribution in [0.3, 0.4) is 0 Å². The molecule has 0 heterocycles. The van der Waals surface area contributed by atoms with Crippen LogP contribution in [0.25, 0.3) is 0 Å². The summed E-state index contributed by atoms with van der Waals surface area (Å²) in [6.07, 6.45) is 4.26. The number of halogens is 2. The zero-order valence-corrected chi connectivity index (χ0v) is 12.0. The van der Waals surface area contributed by atoms with E-state index in [0.29, 0.717) is 0 Å². The summed E-state index contributed by atoms with van der Waals surface area (Å²) < 4.78 is 26.9. The van der Waals surface area contributed by atoms with Gasteiger partial charge in [0.25, 0.3) is 0 Å². The minimum Gasteiger partial charge on any atom is -0.311 e. The molecule has 0 saturated heterocycles. The molecule has 1 fully saturated rings. The highest BCUT2D eigenvalue weighted by atomic mass is 19.1. The fourth-order valence-electron chi connectivity index (χ4n) is 2.91. The lowest BCUT2D eigenvalue weighted by Crippen LogP contribution is -2.45. The maximum atomic E-state index is 13.5. The Morgan fingerprint density at radius 2 is 1.58 bits per heavy atom. The van der Waals surface area contributed by atoms with Crippen molar-refractivity contribution in [1.82, 2.24) is 5.32 Å². The zero-order chi connectivity index (χ0) is 14.1.